The highest BCUT2D eigenvalue weighted by molar-refractivity contribution is 6.09. The molecule has 0 bridgehead atoms. The van der Waals surface area contributed by atoms with E-state index >= 15 is 0 Å². The number of benzene rings is 3. The third-order valence-corrected chi connectivity index (χ3v) is 5.56. The van der Waals surface area contributed by atoms with Crippen molar-refractivity contribution in [3.05, 3.63) is 77.6 Å². The lowest BCUT2D eigenvalue weighted by molar-refractivity contribution is 0.590. The number of hydrogen-bond acceptors (Lipinski definition) is 0. The molecule has 0 radical (unpaired) electrons. The van der Waals surface area contributed by atoms with Gasteiger partial charge in [-0.25, -0.2) is 4.39 Å². The highest BCUT2D eigenvalue weighted by atomic mass is 19.1. The summed E-state index contributed by atoms with van der Waals surface area (Å²) in [5.74, 6) is -0.217. The first kappa shape index (κ1) is 18.7. The van der Waals surface area contributed by atoms with Crippen LogP contribution in [0.1, 0.15) is 52.7 Å². The van der Waals surface area contributed by atoms with Crippen LogP contribution in [0.5, 0.6) is 0 Å². The maximum atomic E-state index is 14.0. The van der Waals surface area contributed by atoms with Crippen LogP contribution in [0.25, 0.3) is 27.5 Å². The molecule has 0 saturated heterocycles. The summed E-state index contributed by atoms with van der Waals surface area (Å²) in [5.41, 5.74) is 5.83. The molecular formula is C26H28FN. The molecule has 1 aromatic heterocycles. The van der Waals surface area contributed by atoms with Crippen molar-refractivity contribution in [2.75, 3.05) is 0 Å². The van der Waals surface area contributed by atoms with Crippen LogP contribution in [0, 0.1) is 5.82 Å². The molecule has 0 saturated carbocycles. The van der Waals surface area contributed by atoms with E-state index in [1.807, 2.05) is 6.07 Å². The second-order valence-corrected chi connectivity index (χ2v) is 9.78. The van der Waals surface area contributed by atoms with Crippen LogP contribution in [-0.2, 0) is 10.8 Å². The molecule has 28 heavy (non-hydrogen) atoms. The Kier molecular flexibility index (Phi) is 4.15. The quantitative estimate of drug-likeness (QED) is 0.325. The molecule has 0 amide bonds. The van der Waals surface area contributed by atoms with E-state index in [0.29, 0.717) is 0 Å². The average molecular weight is 374 g/mol. The number of aromatic nitrogens is 1. The molecule has 4 aromatic rings. The van der Waals surface area contributed by atoms with E-state index < -0.39 is 0 Å². The van der Waals surface area contributed by atoms with Gasteiger partial charge in [0.15, 0.2) is 0 Å². The third kappa shape index (κ3) is 3.11. The second kappa shape index (κ2) is 6.20. The molecule has 0 spiro atoms. The normalized spacial score (nSPS) is 12.8. The Morgan fingerprint density at radius 1 is 0.643 bits per heavy atom. The topological polar surface area (TPSA) is 4.93 Å². The van der Waals surface area contributed by atoms with E-state index in [9.17, 15) is 4.39 Å². The molecule has 0 unspecified atom stereocenters. The number of halogens is 1. The fraction of sp³-hybridized carbons (Fsp3) is 0.308. The number of fused-ring (bicyclic) bond motifs is 3. The highest BCUT2D eigenvalue weighted by Gasteiger charge is 2.20. The molecule has 0 aliphatic carbocycles. The van der Waals surface area contributed by atoms with E-state index in [1.165, 1.54) is 28.0 Å². The maximum absolute atomic E-state index is 14.0. The van der Waals surface area contributed by atoms with Gasteiger partial charge in [0.05, 0.1) is 11.0 Å². The molecule has 0 fully saturated rings. The minimum atomic E-state index is -0.217. The zero-order chi connectivity index (χ0) is 20.3. The average Bonchev–Trinajstić information content (AvgIpc) is 2.93. The van der Waals surface area contributed by atoms with Crippen LogP contribution in [0.15, 0.2) is 60.7 Å². The molecule has 2 heteroatoms. The maximum Gasteiger partial charge on any atom is 0.125 e. The molecule has 144 valence electrons. The van der Waals surface area contributed by atoms with Gasteiger partial charge in [0.25, 0.3) is 0 Å². The number of rotatable bonds is 1. The van der Waals surface area contributed by atoms with Gasteiger partial charge in [-0.2, -0.15) is 0 Å². The Labute approximate surface area is 166 Å². The first-order valence-corrected chi connectivity index (χ1v) is 9.91. The predicted molar refractivity (Wildman–Crippen MR) is 118 cm³/mol. The van der Waals surface area contributed by atoms with E-state index in [4.69, 9.17) is 0 Å². The number of hydrogen-bond donors (Lipinski definition) is 0. The number of nitrogens with zero attached hydrogens (tertiary/aromatic N) is 1. The fourth-order valence-electron chi connectivity index (χ4n) is 3.85. The van der Waals surface area contributed by atoms with Crippen LogP contribution >= 0.6 is 0 Å². The molecule has 0 atom stereocenters. The van der Waals surface area contributed by atoms with Gasteiger partial charge in [0.1, 0.15) is 5.82 Å². The van der Waals surface area contributed by atoms with Gasteiger partial charge in [0.2, 0.25) is 0 Å². The van der Waals surface area contributed by atoms with E-state index in [2.05, 4.69) is 82.5 Å². The van der Waals surface area contributed by atoms with Crippen LogP contribution < -0.4 is 0 Å². The van der Waals surface area contributed by atoms with E-state index in [-0.39, 0.29) is 16.6 Å². The summed E-state index contributed by atoms with van der Waals surface area (Å²) in [4.78, 5) is 0. The monoisotopic (exact) mass is 373 g/mol. The SMILES string of the molecule is CC(C)(C)c1ccc2c(c1)c1cc(C(C)(C)C)ccc1n2-c1cccc(F)c1. The summed E-state index contributed by atoms with van der Waals surface area (Å²) in [6.07, 6.45) is 0. The van der Waals surface area contributed by atoms with Crippen molar-refractivity contribution >= 4 is 21.8 Å². The van der Waals surface area contributed by atoms with Crippen LogP contribution in [0.3, 0.4) is 0 Å². The molecule has 0 aliphatic rings. The Bertz CT molecular complexity index is 1110. The van der Waals surface area contributed by atoms with E-state index in [1.54, 1.807) is 12.1 Å². The minimum Gasteiger partial charge on any atom is -0.309 e. The summed E-state index contributed by atoms with van der Waals surface area (Å²) in [6.45, 7) is 13.4. The van der Waals surface area contributed by atoms with Crippen molar-refractivity contribution in [2.45, 2.75) is 52.4 Å². The second-order valence-electron chi connectivity index (χ2n) is 9.78. The van der Waals surface area contributed by atoms with Gasteiger partial charge >= 0.3 is 0 Å². The van der Waals surface area contributed by atoms with Crippen molar-refractivity contribution in [3.63, 3.8) is 0 Å². The highest BCUT2D eigenvalue weighted by Crippen LogP contribution is 2.37. The zero-order valence-corrected chi connectivity index (χ0v) is 17.6. The van der Waals surface area contributed by atoms with Crippen molar-refractivity contribution in [1.29, 1.82) is 0 Å². The molecule has 4 rings (SSSR count). The van der Waals surface area contributed by atoms with Crippen molar-refractivity contribution in [3.8, 4) is 5.69 Å². The molecule has 1 nitrogen and oxygen atoms in total. The molecule has 3 aromatic carbocycles. The molecule has 0 N–H and O–H groups in total. The van der Waals surface area contributed by atoms with Gasteiger partial charge in [0, 0.05) is 16.5 Å². The summed E-state index contributed by atoms with van der Waals surface area (Å²) in [5, 5.41) is 2.44. The zero-order valence-electron chi connectivity index (χ0n) is 17.6. The lowest BCUT2D eigenvalue weighted by atomic mass is 9.85. The smallest absolute Gasteiger partial charge is 0.125 e. The fourth-order valence-corrected chi connectivity index (χ4v) is 3.85. The largest absolute Gasteiger partial charge is 0.309 e. The Morgan fingerprint density at radius 3 is 1.57 bits per heavy atom. The first-order valence-electron chi connectivity index (χ1n) is 9.91. The standard InChI is InChI=1S/C26H28FN/c1-25(2,3)17-10-12-23-21(14-17)22-15-18(26(4,5)6)11-13-24(22)28(23)20-9-7-8-19(27)16-20/h7-16H,1-6H3. The third-order valence-electron chi connectivity index (χ3n) is 5.56. The van der Waals surface area contributed by atoms with Crippen molar-refractivity contribution < 1.29 is 4.39 Å². The first-order chi connectivity index (χ1) is 13.1. The van der Waals surface area contributed by atoms with Gasteiger partial charge in [-0.15, -0.1) is 0 Å². The van der Waals surface area contributed by atoms with Crippen LogP contribution in [-0.4, -0.2) is 4.57 Å². The Morgan fingerprint density at radius 2 is 1.14 bits per heavy atom. The lowest BCUT2D eigenvalue weighted by Gasteiger charge is -2.19. The Balaban J connectivity index is 2.13. The van der Waals surface area contributed by atoms with Gasteiger partial charge in [-0.3, -0.25) is 0 Å². The van der Waals surface area contributed by atoms with Crippen molar-refractivity contribution in [1.82, 2.24) is 4.57 Å². The summed E-state index contributed by atoms with van der Waals surface area (Å²) < 4.78 is 16.2. The van der Waals surface area contributed by atoms with Gasteiger partial charge < -0.3 is 4.57 Å². The van der Waals surface area contributed by atoms with Crippen LogP contribution in [0.4, 0.5) is 4.39 Å². The minimum absolute atomic E-state index is 0.0725. The van der Waals surface area contributed by atoms with Crippen LogP contribution in [0.2, 0.25) is 0 Å². The van der Waals surface area contributed by atoms with Gasteiger partial charge in [-0.05, 0) is 64.4 Å². The van der Waals surface area contributed by atoms with Crippen molar-refractivity contribution in [2.24, 2.45) is 0 Å². The molecule has 0 aliphatic heterocycles. The Hall–Kier alpha value is -2.61. The lowest BCUT2D eigenvalue weighted by Crippen LogP contribution is -2.10. The van der Waals surface area contributed by atoms with Gasteiger partial charge in [-0.1, -0.05) is 59.7 Å². The van der Waals surface area contributed by atoms with E-state index in [0.717, 1.165) is 16.7 Å². The summed E-state index contributed by atoms with van der Waals surface area (Å²) in [7, 11) is 0. The molecule has 1 heterocycles. The molecular weight excluding hydrogens is 345 g/mol. The summed E-state index contributed by atoms with van der Waals surface area (Å²) in [6, 6.07) is 20.2. The summed E-state index contributed by atoms with van der Waals surface area (Å²) >= 11 is 0. The predicted octanol–water partition coefficient (Wildman–Crippen LogP) is 7.52.